The summed E-state index contributed by atoms with van der Waals surface area (Å²) in [6.45, 7) is 7.39. The molecule has 0 unspecified atom stereocenters. The molecule has 0 fully saturated rings. The number of para-hydroxylation sites is 1. The first-order valence-corrected chi connectivity index (χ1v) is 8.85. The summed E-state index contributed by atoms with van der Waals surface area (Å²) in [4.78, 5) is 8.02. The maximum Gasteiger partial charge on any atom is 0.0712 e. The van der Waals surface area contributed by atoms with Crippen LogP contribution in [-0.4, -0.2) is 22.2 Å². The number of rotatable bonds is 2. The van der Waals surface area contributed by atoms with Crippen LogP contribution in [0.25, 0.3) is 33.4 Å². The highest BCUT2D eigenvalue weighted by molar-refractivity contribution is 5.85. The number of hydrogen-bond donors (Lipinski definition) is 2. The third kappa shape index (κ3) is 4.93. The number of benzene rings is 2. The van der Waals surface area contributed by atoms with Crippen LogP contribution in [0, 0.1) is 6.92 Å². The molecular weight excluding hydrogens is 332 g/mol. The summed E-state index contributed by atoms with van der Waals surface area (Å²) in [5.41, 5.74) is 6.79. The Labute approximate surface area is 161 Å². The average molecular weight is 358 g/mol. The molecule has 4 aromatic rings. The average Bonchev–Trinajstić information content (AvgIpc) is 3.25. The van der Waals surface area contributed by atoms with E-state index in [1.54, 1.807) is 6.08 Å². The Morgan fingerprint density at radius 1 is 0.926 bits per heavy atom. The van der Waals surface area contributed by atoms with Gasteiger partial charge in [-0.2, -0.15) is 0 Å². The van der Waals surface area contributed by atoms with Gasteiger partial charge in [0.2, 0.25) is 0 Å². The van der Waals surface area contributed by atoms with Crippen molar-refractivity contribution in [2.24, 2.45) is 0 Å². The predicted octanol–water partition coefficient (Wildman–Crippen LogP) is 6.01. The molecule has 2 N–H and O–H groups in total. The zero-order valence-electron chi connectivity index (χ0n) is 16.1. The van der Waals surface area contributed by atoms with Gasteiger partial charge in [0, 0.05) is 30.0 Å². The number of nitrogens with zero attached hydrogens (tertiary/aromatic N) is 1. The number of hydrogen-bond acceptors (Lipinski definition) is 2. The Hall–Kier alpha value is -3.17. The van der Waals surface area contributed by atoms with Crippen LogP contribution in [0.2, 0.25) is 0 Å². The lowest BCUT2D eigenvalue weighted by Crippen LogP contribution is -1.88. The fraction of sp³-hybridized carbons (Fsp3) is 0.125. The number of nitrogens with one attached hydrogen (secondary N) is 1. The minimum atomic E-state index is 1.00. The molecule has 4 rings (SSSR count). The van der Waals surface area contributed by atoms with Gasteiger partial charge in [-0.3, -0.25) is 0 Å². The zero-order chi connectivity index (χ0) is 19.6. The molecule has 0 radical (unpaired) electrons. The molecule has 0 saturated heterocycles. The summed E-state index contributed by atoms with van der Waals surface area (Å²) in [6, 6.07) is 23.1. The molecule has 3 heteroatoms. The van der Waals surface area contributed by atoms with Gasteiger partial charge in [0.1, 0.15) is 0 Å². The van der Waals surface area contributed by atoms with Crippen molar-refractivity contribution in [1.82, 2.24) is 9.97 Å². The minimum absolute atomic E-state index is 1.00. The summed E-state index contributed by atoms with van der Waals surface area (Å²) in [6.07, 6.45) is 3.69. The largest absolute Gasteiger partial charge is 0.400 e. The van der Waals surface area contributed by atoms with E-state index < -0.39 is 0 Å². The van der Waals surface area contributed by atoms with Gasteiger partial charge in [0.05, 0.1) is 11.2 Å². The molecule has 27 heavy (non-hydrogen) atoms. The van der Waals surface area contributed by atoms with Crippen LogP contribution in [0.4, 0.5) is 0 Å². The third-order valence-electron chi connectivity index (χ3n) is 4.01. The highest BCUT2D eigenvalue weighted by Crippen LogP contribution is 2.26. The molecule has 0 bridgehead atoms. The van der Waals surface area contributed by atoms with Gasteiger partial charge >= 0.3 is 0 Å². The molecule has 2 aromatic carbocycles. The summed E-state index contributed by atoms with van der Waals surface area (Å²) in [5, 5.41) is 8.22. The van der Waals surface area contributed by atoms with E-state index >= 15 is 0 Å². The number of aromatic amines is 1. The molecule has 0 aliphatic rings. The SMILES string of the molecule is C=CC.CO.Cc1cc(-c2ccc(-c3ccc[nH]3)cc2)nc2ccccc12. The molecule has 138 valence electrons. The van der Waals surface area contributed by atoms with Crippen molar-refractivity contribution in [3.8, 4) is 22.5 Å². The Balaban J connectivity index is 0.000000478. The van der Waals surface area contributed by atoms with E-state index in [-0.39, 0.29) is 0 Å². The number of aliphatic hydroxyl groups excluding tert-OH is 1. The van der Waals surface area contributed by atoms with Gasteiger partial charge in [-0.05, 0) is 49.2 Å². The van der Waals surface area contributed by atoms with Gasteiger partial charge < -0.3 is 10.1 Å². The smallest absolute Gasteiger partial charge is 0.0712 e. The van der Waals surface area contributed by atoms with Gasteiger partial charge in [-0.25, -0.2) is 4.98 Å². The minimum Gasteiger partial charge on any atom is -0.400 e. The van der Waals surface area contributed by atoms with Gasteiger partial charge in [0.25, 0.3) is 0 Å². The Morgan fingerprint density at radius 2 is 1.56 bits per heavy atom. The van der Waals surface area contributed by atoms with Crippen LogP contribution >= 0.6 is 0 Å². The monoisotopic (exact) mass is 358 g/mol. The molecule has 0 atom stereocenters. The second-order valence-corrected chi connectivity index (χ2v) is 5.91. The first-order chi connectivity index (χ1) is 13.2. The third-order valence-corrected chi connectivity index (χ3v) is 4.01. The molecule has 3 nitrogen and oxygen atoms in total. The molecule has 2 heterocycles. The number of aromatic nitrogens is 2. The van der Waals surface area contributed by atoms with Crippen LogP contribution in [-0.2, 0) is 0 Å². The van der Waals surface area contributed by atoms with Crippen LogP contribution in [0.1, 0.15) is 12.5 Å². The van der Waals surface area contributed by atoms with Gasteiger partial charge in [0.15, 0.2) is 0 Å². The highest BCUT2D eigenvalue weighted by Gasteiger charge is 2.05. The van der Waals surface area contributed by atoms with E-state index in [1.807, 2.05) is 25.3 Å². The lowest BCUT2D eigenvalue weighted by molar-refractivity contribution is 0.399. The van der Waals surface area contributed by atoms with Crippen LogP contribution < -0.4 is 0 Å². The number of H-pyrrole nitrogens is 1. The van der Waals surface area contributed by atoms with Gasteiger partial charge in [-0.1, -0.05) is 48.5 Å². The van der Waals surface area contributed by atoms with Crippen LogP contribution in [0.15, 0.2) is 85.6 Å². The molecule has 0 aliphatic carbocycles. The van der Waals surface area contributed by atoms with Crippen molar-refractivity contribution >= 4 is 10.9 Å². The predicted molar refractivity (Wildman–Crippen MR) is 116 cm³/mol. The molecule has 0 saturated carbocycles. The Kier molecular flexibility index (Phi) is 7.53. The summed E-state index contributed by atoms with van der Waals surface area (Å²) < 4.78 is 0. The number of aliphatic hydroxyl groups is 1. The molecule has 0 aliphatic heterocycles. The van der Waals surface area contributed by atoms with E-state index in [9.17, 15) is 0 Å². The van der Waals surface area contributed by atoms with Crippen molar-refractivity contribution in [1.29, 1.82) is 0 Å². The Morgan fingerprint density at radius 3 is 2.19 bits per heavy atom. The van der Waals surface area contributed by atoms with E-state index in [0.717, 1.165) is 29.6 Å². The molecule has 0 amide bonds. The lowest BCUT2D eigenvalue weighted by Gasteiger charge is -2.07. The van der Waals surface area contributed by atoms with Crippen molar-refractivity contribution < 1.29 is 5.11 Å². The van der Waals surface area contributed by atoms with Crippen molar-refractivity contribution in [2.45, 2.75) is 13.8 Å². The number of aryl methyl sites for hydroxylation is 1. The van der Waals surface area contributed by atoms with E-state index in [0.29, 0.717) is 0 Å². The quantitative estimate of drug-likeness (QED) is 0.431. The molecule has 0 spiro atoms. The summed E-state index contributed by atoms with van der Waals surface area (Å²) in [7, 11) is 1.00. The van der Waals surface area contributed by atoms with E-state index in [1.165, 1.54) is 16.5 Å². The second kappa shape index (κ2) is 10.1. The van der Waals surface area contributed by atoms with E-state index in [2.05, 4.69) is 73.1 Å². The topological polar surface area (TPSA) is 48.9 Å². The van der Waals surface area contributed by atoms with Crippen LogP contribution in [0.3, 0.4) is 0 Å². The number of allylic oxidation sites excluding steroid dienone is 1. The van der Waals surface area contributed by atoms with Crippen molar-refractivity contribution in [3.05, 3.63) is 91.1 Å². The summed E-state index contributed by atoms with van der Waals surface area (Å²) in [5.74, 6) is 0. The normalized spacial score (nSPS) is 9.63. The standard InChI is InChI=1S/C20H16N2.C3H6.CH4O/c1-14-13-20(22-19-6-3-2-5-17(14)19)16-10-8-15(9-11-16)18-7-4-12-21-18;1-3-2;1-2/h2-13,21H,1H3;3H,1H2,2H3;2H,1H3. The van der Waals surface area contributed by atoms with E-state index in [4.69, 9.17) is 10.1 Å². The zero-order valence-corrected chi connectivity index (χ0v) is 16.1. The molecule has 2 aromatic heterocycles. The lowest BCUT2D eigenvalue weighted by atomic mass is 10.0. The van der Waals surface area contributed by atoms with Crippen molar-refractivity contribution in [2.75, 3.05) is 7.11 Å². The maximum absolute atomic E-state index is 7.00. The highest BCUT2D eigenvalue weighted by atomic mass is 16.2. The van der Waals surface area contributed by atoms with Crippen molar-refractivity contribution in [3.63, 3.8) is 0 Å². The maximum atomic E-state index is 7.00. The molecular formula is C24H26N2O. The number of fused-ring (bicyclic) bond motifs is 1. The van der Waals surface area contributed by atoms with Crippen LogP contribution in [0.5, 0.6) is 0 Å². The fourth-order valence-electron chi connectivity index (χ4n) is 2.83. The van der Waals surface area contributed by atoms with Gasteiger partial charge in [-0.15, -0.1) is 6.58 Å². The number of pyridine rings is 1. The Bertz CT molecular complexity index is 971. The second-order valence-electron chi connectivity index (χ2n) is 5.91. The summed E-state index contributed by atoms with van der Waals surface area (Å²) >= 11 is 0. The first kappa shape index (κ1) is 20.1. The fourth-order valence-corrected chi connectivity index (χ4v) is 2.83. The first-order valence-electron chi connectivity index (χ1n) is 8.85.